The number of hydrogen-bond donors (Lipinski definition) is 1. The normalized spacial score (nSPS) is 23.3. The molecule has 0 bridgehead atoms. The molecule has 1 unspecified atom stereocenters. The topological polar surface area (TPSA) is 53.4 Å². The quantitative estimate of drug-likeness (QED) is 0.746. The van der Waals surface area contributed by atoms with E-state index in [0.29, 0.717) is 6.54 Å². The zero-order valence-corrected chi connectivity index (χ0v) is 18.1. The van der Waals surface area contributed by atoms with Gasteiger partial charge in [-0.15, -0.1) is 11.3 Å². The molecule has 1 saturated heterocycles. The lowest BCUT2D eigenvalue weighted by Gasteiger charge is -2.42. The van der Waals surface area contributed by atoms with E-state index in [-0.39, 0.29) is 16.7 Å². The van der Waals surface area contributed by atoms with Gasteiger partial charge in [-0.2, -0.15) is 0 Å². The molecular weight excluding hydrogens is 368 g/mol. The molecule has 28 heavy (non-hydrogen) atoms. The van der Waals surface area contributed by atoms with Crippen molar-refractivity contribution in [1.29, 1.82) is 0 Å². The summed E-state index contributed by atoms with van der Waals surface area (Å²) in [4.78, 5) is 18.4. The van der Waals surface area contributed by atoms with Crippen molar-refractivity contribution >= 4 is 22.4 Å². The number of nitrogens with zero attached hydrogens (tertiary/aromatic N) is 2. The summed E-state index contributed by atoms with van der Waals surface area (Å²) in [5, 5.41) is 12.4. The van der Waals surface area contributed by atoms with Crippen molar-refractivity contribution in [2.45, 2.75) is 64.2 Å². The van der Waals surface area contributed by atoms with Crippen molar-refractivity contribution in [1.82, 2.24) is 4.98 Å². The molecule has 2 aromatic rings. The highest BCUT2D eigenvalue weighted by molar-refractivity contribution is 7.14. The monoisotopic (exact) mass is 398 g/mol. The van der Waals surface area contributed by atoms with Crippen molar-refractivity contribution in [3.63, 3.8) is 0 Å². The summed E-state index contributed by atoms with van der Waals surface area (Å²) in [6, 6.07) is 6.84. The van der Waals surface area contributed by atoms with Crippen LogP contribution in [-0.2, 0) is 15.6 Å². The molecule has 1 aromatic carbocycles. The van der Waals surface area contributed by atoms with Crippen molar-refractivity contribution in [3.8, 4) is 11.3 Å². The van der Waals surface area contributed by atoms with Crippen molar-refractivity contribution in [2.24, 2.45) is 5.92 Å². The third-order valence-electron chi connectivity index (χ3n) is 6.68. The smallest absolute Gasteiger partial charge is 0.308 e. The first-order valence-corrected chi connectivity index (χ1v) is 11.1. The number of rotatable bonds is 3. The second kappa shape index (κ2) is 6.87. The van der Waals surface area contributed by atoms with E-state index in [2.05, 4.69) is 56.2 Å². The number of hydrogen-bond acceptors (Lipinski definition) is 4. The maximum atomic E-state index is 11.4. The first kappa shape index (κ1) is 19.4. The van der Waals surface area contributed by atoms with E-state index in [1.165, 1.54) is 29.5 Å². The van der Waals surface area contributed by atoms with Crippen LogP contribution in [0.25, 0.3) is 11.3 Å². The van der Waals surface area contributed by atoms with Crippen LogP contribution in [-0.4, -0.2) is 29.1 Å². The maximum absolute atomic E-state index is 11.4. The second-order valence-corrected chi connectivity index (χ2v) is 10.5. The van der Waals surface area contributed by atoms with Crippen molar-refractivity contribution in [2.75, 3.05) is 18.0 Å². The summed E-state index contributed by atoms with van der Waals surface area (Å²) in [7, 11) is 0. The summed E-state index contributed by atoms with van der Waals surface area (Å²) in [6.07, 6.45) is 4.09. The lowest BCUT2D eigenvalue weighted by atomic mass is 9.63. The van der Waals surface area contributed by atoms with Crippen molar-refractivity contribution in [3.05, 3.63) is 34.7 Å². The molecule has 150 valence electrons. The second-order valence-electron chi connectivity index (χ2n) is 9.67. The Balaban J connectivity index is 1.64. The number of aliphatic carboxylic acids is 1. The average molecular weight is 399 g/mol. The van der Waals surface area contributed by atoms with Gasteiger partial charge in [-0.1, -0.05) is 39.8 Å². The summed E-state index contributed by atoms with van der Waals surface area (Å²) in [6.45, 7) is 10.8. The van der Waals surface area contributed by atoms with Crippen molar-refractivity contribution < 1.29 is 9.90 Å². The SMILES string of the molecule is CC1(C)CCC(C)(C)c2cc(-c3csc(N4CCCC(C(=O)O)C4)n3)ccc21. The number of carboxylic acid groups (broad SMARTS) is 1. The first-order valence-electron chi connectivity index (χ1n) is 10.3. The van der Waals surface area contributed by atoms with Crippen LogP contribution in [0, 0.1) is 5.92 Å². The maximum Gasteiger partial charge on any atom is 0.308 e. The number of benzene rings is 1. The van der Waals surface area contributed by atoms with E-state index in [9.17, 15) is 9.90 Å². The lowest BCUT2D eigenvalue weighted by molar-refractivity contribution is -0.141. The highest BCUT2D eigenvalue weighted by Crippen LogP contribution is 2.47. The van der Waals surface area contributed by atoms with Gasteiger partial charge >= 0.3 is 5.97 Å². The van der Waals surface area contributed by atoms with E-state index in [1.807, 2.05) is 0 Å². The van der Waals surface area contributed by atoms with Crippen LogP contribution in [0.4, 0.5) is 5.13 Å². The lowest BCUT2D eigenvalue weighted by Crippen LogP contribution is -2.38. The van der Waals surface area contributed by atoms with Gasteiger partial charge in [-0.05, 0) is 53.7 Å². The molecule has 1 aromatic heterocycles. The predicted octanol–water partition coefficient (Wildman–Crippen LogP) is 5.46. The largest absolute Gasteiger partial charge is 0.481 e. The van der Waals surface area contributed by atoms with Gasteiger partial charge in [-0.3, -0.25) is 4.79 Å². The number of carboxylic acids is 1. The number of piperidine rings is 1. The van der Waals surface area contributed by atoms with E-state index < -0.39 is 5.97 Å². The Bertz CT molecular complexity index is 900. The molecule has 4 nitrogen and oxygen atoms in total. The van der Waals surface area contributed by atoms with Gasteiger partial charge in [-0.25, -0.2) is 4.98 Å². The molecular formula is C23H30N2O2S. The van der Waals surface area contributed by atoms with Crippen LogP contribution in [0.1, 0.15) is 64.5 Å². The third-order valence-corrected chi connectivity index (χ3v) is 7.58. The Labute approximate surface area is 171 Å². The predicted molar refractivity (Wildman–Crippen MR) is 115 cm³/mol. The molecule has 0 amide bonds. The van der Waals surface area contributed by atoms with Gasteiger partial charge in [0.05, 0.1) is 11.6 Å². The summed E-state index contributed by atoms with van der Waals surface area (Å²) >= 11 is 1.62. The fourth-order valence-electron chi connectivity index (χ4n) is 4.64. The molecule has 1 atom stereocenters. The van der Waals surface area contributed by atoms with Gasteiger partial charge in [0.15, 0.2) is 5.13 Å². The fraction of sp³-hybridized carbons (Fsp3) is 0.565. The molecule has 0 radical (unpaired) electrons. The fourth-order valence-corrected chi connectivity index (χ4v) is 5.51. The number of carbonyl (C=O) groups is 1. The molecule has 1 N–H and O–H groups in total. The van der Waals surface area contributed by atoms with Crippen LogP contribution in [0.5, 0.6) is 0 Å². The molecule has 4 rings (SSSR count). The van der Waals surface area contributed by atoms with Gasteiger partial charge < -0.3 is 10.0 Å². The van der Waals surface area contributed by atoms with E-state index in [4.69, 9.17) is 4.98 Å². The summed E-state index contributed by atoms with van der Waals surface area (Å²) in [5.74, 6) is -0.978. The van der Waals surface area contributed by atoms with Gasteiger partial charge in [0.1, 0.15) is 0 Å². The molecule has 5 heteroatoms. The summed E-state index contributed by atoms with van der Waals surface area (Å²) < 4.78 is 0. The first-order chi connectivity index (χ1) is 13.2. The molecule has 1 fully saturated rings. The zero-order chi connectivity index (χ0) is 20.1. The third kappa shape index (κ3) is 3.45. The van der Waals surface area contributed by atoms with Crippen LogP contribution >= 0.6 is 11.3 Å². The molecule has 1 aliphatic carbocycles. The molecule has 0 spiro atoms. The standard InChI is InChI=1S/C23H30N2O2S/c1-22(2)9-10-23(3,4)18-12-15(7-8-17(18)22)19-14-28-21(24-19)25-11-5-6-16(13-25)20(26)27/h7-8,12,14,16H,5-6,9-11,13H2,1-4H3,(H,26,27). The van der Waals surface area contributed by atoms with Gasteiger partial charge in [0, 0.05) is 24.0 Å². The Morgan fingerprint density at radius 2 is 1.89 bits per heavy atom. The highest BCUT2D eigenvalue weighted by atomic mass is 32.1. The average Bonchev–Trinajstić information content (AvgIpc) is 3.16. The minimum absolute atomic E-state index is 0.182. The zero-order valence-electron chi connectivity index (χ0n) is 17.3. The van der Waals surface area contributed by atoms with E-state index >= 15 is 0 Å². The Kier molecular flexibility index (Phi) is 4.77. The van der Waals surface area contributed by atoms with Gasteiger partial charge in [0.2, 0.25) is 0 Å². The summed E-state index contributed by atoms with van der Waals surface area (Å²) in [5.41, 5.74) is 5.47. The van der Waals surface area contributed by atoms with Crippen LogP contribution in [0.2, 0.25) is 0 Å². The minimum atomic E-state index is -0.694. The highest BCUT2D eigenvalue weighted by Gasteiger charge is 2.37. The molecule has 2 heterocycles. The molecule has 1 aliphatic heterocycles. The number of thiazole rings is 1. The van der Waals surface area contributed by atoms with Crippen LogP contribution in [0.15, 0.2) is 23.6 Å². The minimum Gasteiger partial charge on any atom is -0.481 e. The number of anilines is 1. The number of fused-ring (bicyclic) bond motifs is 1. The van der Waals surface area contributed by atoms with Gasteiger partial charge in [0.25, 0.3) is 0 Å². The van der Waals surface area contributed by atoms with Crippen LogP contribution < -0.4 is 4.90 Å². The molecule has 0 saturated carbocycles. The van der Waals surface area contributed by atoms with E-state index in [0.717, 1.165) is 30.2 Å². The number of aromatic nitrogens is 1. The Morgan fingerprint density at radius 1 is 1.18 bits per heavy atom. The molecule has 2 aliphatic rings. The Hall–Kier alpha value is -1.88. The Morgan fingerprint density at radius 3 is 2.61 bits per heavy atom. The van der Waals surface area contributed by atoms with E-state index in [1.54, 1.807) is 11.3 Å². The van der Waals surface area contributed by atoms with Crippen LogP contribution in [0.3, 0.4) is 0 Å².